The van der Waals surface area contributed by atoms with Gasteiger partial charge in [-0.15, -0.1) is 0 Å². The third-order valence-electron chi connectivity index (χ3n) is 4.64. The van der Waals surface area contributed by atoms with Gasteiger partial charge in [-0.2, -0.15) is 5.26 Å². The number of hydrogen-bond donors (Lipinski definition) is 0. The van der Waals surface area contributed by atoms with Crippen molar-refractivity contribution in [2.45, 2.75) is 50.9 Å². The van der Waals surface area contributed by atoms with Gasteiger partial charge in [0.1, 0.15) is 5.75 Å². The second-order valence-corrected chi connectivity index (χ2v) is 6.19. The molecule has 3 rings (SSSR count). The molecule has 5 nitrogen and oxygen atoms in total. The number of carbonyl (C=O) groups is 1. The Morgan fingerprint density at radius 3 is 3.09 bits per heavy atom. The van der Waals surface area contributed by atoms with Crippen molar-refractivity contribution in [3.8, 4) is 11.8 Å². The van der Waals surface area contributed by atoms with Crippen LogP contribution in [0.1, 0.15) is 38.2 Å². The normalized spacial score (nSPS) is 25.1. The van der Waals surface area contributed by atoms with Gasteiger partial charge < -0.3 is 14.4 Å². The maximum Gasteiger partial charge on any atom is 0.263 e. The van der Waals surface area contributed by atoms with E-state index in [1.54, 1.807) is 31.2 Å². The predicted octanol–water partition coefficient (Wildman–Crippen LogP) is 2.50. The van der Waals surface area contributed by atoms with Crippen molar-refractivity contribution in [2.24, 2.45) is 0 Å². The van der Waals surface area contributed by atoms with Crippen LogP contribution in [0.25, 0.3) is 0 Å². The van der Waals surface area contributed by atoms with Crippen LogP contribution in [0.2, 0.25) is 0 Å². The van der Waals surface area contributed by atoms with E-state index in [2.05, 4.69) is 6.07 Å². The van der Waals surface area contributed by atoms with Gasteiger partial charge in [0.15, 0.2) is 6.10 Å². The fourth-order valence-corrected chi connectivity index (χ4v) is 3.50. The first-order chi connectivity index (χ1) is 11.2. The lowest BCUT2D eigenvalue weighted by molar-refractivity contribution is -0.155. The Hall–Kier alpha value is -2.06. The molecule has 2 fully saturated rings. The minimum Gasteiger partial charge on any atom is -0.481 e. The maximum absolute atomic E-state index is 12.8. The van der Waals surface area contributed by atoms with E-state index < -0.39 is 6.10 Å². The summed E-state index contributed by atoms with van der Waals surface area (Å²) in [6.07, 6.45) is 3.98. The number of benzene rings is 1. The number of rotatable bonds is 3. The van der Waals surface area contributed by atoms with E-state index in [9.17, 15) is 4.79 Å². The first-order valence-corrected chi connectivity index (χ1v) is 8.28. The Morgan fingerprint density at radius 2 is 2.26 bits per heavy atom. The van der Waals surface area contributed by atoms with Gasteiger partial charge in [-0.1, -0.05) is 18.9 Å². The third-order valence-corrected chi connectivity index (χ3v) is 4.64. The molecule has 1 aliphatic heterocycles. The Morgan fingerprint density at radius 1 is 1.43 bits per heavy atom. The first-order valence-electron chi connectivity index (χ1n) is 8.28. The van der Waals surface area contributed by atoms with Crippen molar-refractivity contribution >= 4 is 5.91 Å². The SMILES string of the molecule is C[C@H](Oc1cccc(C#N)c1)C(=O)N1CCO[C@H]2CCCC[C@@H]21. The third kappa shape index (κ3) is 3.48. The van der Waals surface area contributed by atoms with Crippen molar-refractivity contribution in [3.05, 3.63) is 29.8 Å². The van der Waals surface area contributed by atoms with Crippen LogP contribution < -0.4 is 4.74 Å². The number of ether oxygens (including phenoxy) is 2. The van der Waals surface area contributed by atoms with E-state index in [4.69, 9.17) is 14.7 Å². The highest BCUT2D eigenvalue weighted by molar-refractivity contribution is 5.81. The van der Waals surface area contributed by atoms with Gasteiger partial charge in [0, 0.05) is 6.54 Å². The summed E-state index contributed by atoms with van der Waals surface area (Å²) in [5.74, 6) is 0.561. The quantitative estimate of drug-likeness (QED) is 0.860. The zero-order valence-corrected chi connectivity index (χ0v) is 13.4. The number of carbonyl (C=O) groups excluding carboxylic acids is 1. The fourth-order valence-electron chi connectivity index (χ4n) is 3.50. The number of morpholine rings is 1. The van der Waals surface area contributed by atoms with Crippen molar-refractivity contribution in [2.75, 3.05) is 13.2 Å². The molecule has 0 spiro atoms. The average molecular weight is 314 g/mol. The zero-order chi connectivity index (χ0) is 16.2. The summed E-state index contributed by atoms with van der Waals surface area (Å²) in [6.45, 7) is 3.00. The summed E-state index contributed by atoms with van der Waals surface area (Å²) in [4.78, 5) is 14.7. The van der Waals surface area contributed by atoms with E-state index >= 15 is 0 Å². The Kier molecular flexibility index (Phi) is 4.82. The molecule has 1 aliphatic carbocycles. The van der Waals surface area contributed by atoms with Crippen LogP contribution in [-0.2, 0) is 9.53 Å². The Bertz CT molecular complexity index is 609. The second-order valence-electron chi connectivity index (χ2n) is 6.19. The minimum absolute atomic E-state index is 0.00700. The summed E-state index contributed by atoms with van der Waals surface area (Å²) >= 11 is 0. The van der Waals surface area contributed by atoms with Crippen molar-refractivity contribution in [3.63, 3.8) is 0 Å². The summed E-state index contributed by atoms with van der Waals surface area (Å²) in [7, 11) is 0. The van der Waals surface area contributed by atoms with Gasteiger partial charge in [-0.25, -0.2) is 0 Å². The molecule has 0 aromatic heterocycles. The maximum atomic E-state index is 12.8. The molecule has 1 aromatic rings. The highest BCUT2D eigenvalue weighted by Gasteiger charge is 2.38. The molecule has 23 heavy (non-hydrogen) atoms. The molecule has 1 saturated carbocycles. The molecule has 1 saturated heterocycles. The van der Waals surface area contributed by atoms with Gasteiger partial charge >= 0.3 is 0 Å². The van der Waals surface area contributed by atoms with E-state index in [-0.39, 0.29) is 18.1 Å². The summed E-state index contributed by atoms with van der Waals surface area (Å²) in [5.41, 5.74) is 0.529. The van der Waals surface area contributed by atoms with Gasteiger partial charge in [0.2, 0.25) is 0 Å². The van der Waals surface area contributed by atoms with Crippen LogP contribution >= 0.6 is 0 Å². The van der Waals surface area contributed by atoms with Crippen LogP contribution in [0, 0.1) is 11.3 Å². The van der Waals surface area contributed by atoms with Crippen molar-refractivity contribution in [1.82, 2.24) is 4.90 Å². The van der Waals surface area contributed by atoms with Crippen LogP contribution in [0.5, 0.6) is 5.75 Å². The zero-order valence-electron chi connectivity index (χ0n) is 13.4. The topological polar surface area (TPSA) is 62.6 Å². The lowest BCUT2D eigenvalue weighted by Crippen LogP contribution is -2.57. The van der Waals surface area contributed by atoms with E-state index in [0.29, 0.717) is 24.5 Å². The van der Waals surface area contributed by atoms with Crippen molar-refractivity contribution in [1.29, 1.82) is 5.26 Å². The van der Waals surface area contributed by atoms with E-state index in [0.717, 1.165) is 19.3 Å². The monoisotopic (exact) mass is 314 g/mol. The number of fused-ring (bicyclic) bond motifs is 1. The fraction of sp³-hybridized carbons (Fsp3) is 0.556. The summed E-state index contributed by atoms with van der Waals surface area (Å²) in [5, 5.41) is 8.94. The average Bonchev–Trinajstić information content (AvgIpc) is 2.60. The molecule has 1 amide bonds. The number of nitrogens with zero attached hydrogens (tertiary/aromatic N) is 2. The minimum atomic E-state index is -0.565. The Labute approximate surface area is 136 Å². The van der Waals surface area contributed by atoms with Crippen LogP contribution in [0.3, 0.4) is 0 Å². The molecule has 3 atom stereocenters. The molecular formula is C18H22N2O3. The lowest BCUT2D eigenvalue weighted by atomic mass is 9.90. The standard InChI is InChI=1S/C18H22N2O3/c1-13(23-15-6-4-5-14(11-15)12-19)18(21)20-9-10-22-17-8-3-2-7-16(17)20/h4-6,11,13,16-17H,2-3,7-10H2,1H3/t13-,16-,17-/m0/s1. The molecule has 5 heteroatoms. The largest absolute Gasteiger partial charge is 0.481 e. The second kappa shape index (κ2) is 7.01. The molecule has 1 heterocycles. The molecule has 0 unspecified atom stereocenters. The van der Waals surface area contributed by atoms with E-state index in [1.165, 1.54) is 6.42 Å². The first kappa shape index (κ1) is 15.8. The predicted molar refractivity (Wildman–Crippen MR) is 85.0 cm³/mol. The van der Waals surface area contributed by atoms with Crippen LogP contribution in [-0.4, -0.2) is 42.2 Å². The highest BCUT2D eigenvalue weighted by Crippen LogP contribution is 2.29. The van der Waals surface area contributed by atoms with Gasteiger partial charge in [-0.05, 0) is 38.0 Å². The highest BCUT2D eigenvalue weighted by atomic mass is 16.5. The molecule has 0 bridgehead atoms. The van der Waals surface area contributed by atoms with Gasteiger partial charge in [0.25, 0.3) is 5.91 Å². The summed E-state index contributed by atoms with van der Waals surface area (Å²) < 4.78 is 11.6. The molecule has 122 valence electrons. The molecule has 1 aromatic carbocycles. The lowest BCUT2D eigenvalue weighted by Gasteiger charge is -2.44. The van der Waals surface area contributed by atoms with Gasteiger partial charge in [-0.3, -0.25) is 4.79 Å². The number of nitriles is 1. The van der Waals surface area contributed by atoms with Crippen LogP contribution in [0.4, 0.5) is 0 Å². The molecule has 0 N–H and O–H groups in total. The Balaban J connectivity index is 1.67. The summed E-state index contributed by atoms with van der Waals surface area (Å²) in [6, 6.07) is 9.17. The smallest absolute Gasteiger partial charge is 0.263 e. The number of hydrogen-bond acceptors (Lipinski definition) is 4. The van der Waals surface area contributed by atoms with E-state index in [1.807, 2.05) is 4.90 Å². The van der Waals surface area contributed by atoms with Crippen molar-refractivity contribution < 1.29 is 14.3 Å². The molecule has 2 aliphatic rings. The molecule has 0 radical (unpaired) electrons. The molecular weight excluding hydrogens is 292 g/mol. The van der Waals surface area contributed by atoms with Crippen LogP contribution in [0.15, 0.2) is 24.3 Å². The number of amides is 1. The van der Waals surface area contributed by atoms with Gasteiger partial charge in [0.05, 0.1) is 30.4 Å².